The maximum atomic E-state index is 12.7. The summed E-state index contributed by atoms with van der Waals surface area (Å²) in [7, 11) is 0. The van der Waals surface area contributed by atoms with Crippen molar-refractivity contribution in [1.82, 2.24) is 19.6 Å². The van der Waals surface area contributed by atoms with E-state index in [0.29, 0.717) is 29.7 Å². The SMILES string of the molecule is O=C(NC[C@H](c1ccccc1Cl)N1CCOCC1)c1cnc2sccn2c1=O. The van der Waals surface area contributed by atoms with Gasteiger partial charge in [-0.2, -0.15) is 0 Å². The molecular formula is C19H19ClN4O3S. The molecule has 0 unspecified atom stereocenters. The summed E-state index contributed by atoms with van der Waals surface area (Å²) in [6.07, 6.45) is 2.95. The van der Waals surface area contributed by atoms with Crippen molar-refractivity contribution in [3.8, 4) is 0 Å². The van der Waals surface area contributed by atoms with Crippen LogP contribution in [0.25, 0.3) is 4.96 Å². The third-order valence-corrected chi connectivity index (χ3v) is 5.91. The molecule has 1 aliphatic rings. The second-order valence-electron chi connectivity index (χ2n) is 6.43. The van der Waals surface area contributed by atoms with Crippen LogP contribution in [0.15, 0.2) is 46.8 Å². The minimum absolute atomic E-state index is 0.0239. The van der Waals surface area contributed by atoms with Crippen LogP contribution in [-0.4, -0.2) is 53.0 Å². The third kappa shape index (κ3) is 3.81. The van der Waals surface area contributed by atoms with Crippen LogP contribution in [0.5, 0.6) is 0 Å². The first-order chi connectivity index (χ1) is 13.6. The van der Waals surface area contributed by atoms with E-state index < -0.39 is 5.91 Å². The van der Waals surface area contributed by atoms with Gasteiger partial charge in [0, 0.05) is 42.4 Å². The number of hydrogen-bond acceptors (Lipinski definition) is 6. The van der Waals surface area contributed by atoms with Crippen molar-refractivity contribution >= 4 is 33.8 Å². The van der Waals surface area contributed by atoms with Crippen LogP contribution in [0.2, 0.25) is 5.02 Å². The van der Waals surface area contributed by atoms with Crippen molar-refractivity contribution in [3.05, 3.63) is 68.5 Å². The monoisotopic (exact) mass is 418 g/mol. The van der Waals surface area contributed by atoms with E-state index in [1.54, 1.807) is 11.6 Å². The summed E-state index contributed by atoms with van der Waals surface area (Å²) in [5.74, 6) is -0.441. The van der Waals surface area contributed by atoms with Gasteiger partial charge in [-0.3, -0.25) is 18.9 Å². The van der Waals surface area contributed by atoms with E-state index in [1.807, 2.05) is 24.3 Å². The summed E-state index contributed by atoms with van der Waals surface area (Å²) in [5, 5.41) is 5.30. The topological polar surface area (TPSA) is 75.9 Å². The molecular weight excluding hydrogens is 400 g/mol. The largest absolute Gasteiger partial charge is 0.379 e. The normalized spacial score (nSPS) is 16.2. The number of fused-ring (bicyclic) bond motifs is 1. The standard InChI is InChI=1S/C19H19ClN4O3S/c20-15-4-2-1-3-13(15)16(23-5-8-27-9-6-23)12-21-17(25)14-11-22-19-24(18(14)26)7-10-28-19/h1-4,7,10-11,16H,5-6,8-9,12H2,(H,21,25)/t16-/m1/s1. The van der Waals surface area contributed by atoms with Crippen molar-refractivity contribution in [2.45, 2.75) is 6.04 Å². The molecule has 3 aromatic rings. The van der Waals surface area contributed by atoms with Gasteiger partial charge in [-0.25, -0.2) is 4.98 Å². The zero-order valence-corrected chi connectivity index (χ0v) is 16.6. The average molecular weight is 419 g/mol. The molecule has 0 saturated carbocycles. The van der Waals surface area contributed by atoms with Crippen LogP contribution in [-0.2, 0) is 4.74 Å². The van der Waals surface area contributed by atoms with Gasteiger partial charge in [0.05, 0.1) is 19.3 Å². The van der Waals surface area contributed by atoms with Crippen LogP contribution in [0.4, 0.5) is 0 Å². The fourth-order valence-corrected chi connectivity index (χ4v) is 4.27. The molecule has 1 N–H and O–H groups in total. The van der Waals surface area contributed by atoms with E-state index in [9.17, 15) is 9.59 Å². The Kier molecular flexibility index (Phi) is 5.72. The van der Waals surface area contributed by atoms with Gasteiger partial charge in [-0.05, 0) is 11.6 Å². The van der Waals surface area contributed by atoms with Gasteiger partial charge in [0.2, 0.25) is 0 Å². The van der Waals surface area contributed by atoms with Gasteiger partial charge in [0.1, 0.15) is 5.56 Å². The van der Waals surface area contributed by atoms with Gasteiger partial charge >= 0.3 is 0 Å². The fourth-order valence-electron chi connectivity index (χ4n) is 3.34. The van der Waals surface area contributed by atoms with E-state index in [0.717, 1.165) is 18.7 Å². The van der Waals surface area contributed by atoms with E-state index in [4.69, 9.17) is 16.3 Å². The minimum Gasteiger partial charge on any atom is -0.379 e. The molecule has 9 heteroatoms. The number of nitrogens with one attached hydrogen (secondary N) is 1. The molecule has 1 atom stereocenters. The van der Waals surface area contributed by atoms with E-state index >= 15 is 0 Å². The number of aromatic nitrogens is 2. The van der Waals surface area contributed by atoms with Crippen molar-refractivity contribution in [1.29, 1.82) is 0 Å². The number of carbonyl (C=O) groups is 1. The lowest BCUT2D eigenvalue weighted by Crippen LogP contribution is -2.44. The Morgan fingerprint density at radius 1 is 1.32 bits per heavy atom. The van der Waals surface area contributed by atoms with Crippen molar-refractivity contribution in [2.24, 2.45) is 0 Å². The van der Waals surface area contributed by atoms with E-state index in [2.05, 4.69) is 15.2 Å². The highest BCUT2D eigenvalue weighted by Crippen LogP contribution is 2.27. The summed E-state index contributed by atoms with van der Waals surface area (Å²) in [6.45, 7) is 3.09. The van der Waals surface area contributed by atoms with Crippen LogP contribution in [0.3, 0.4) is 0 Å². The Labute approximate surface area is 170 Å². The maximum Gasteiger partial charge on any atom is 0.271 e. The number of benzene rings is 1. The summed E-state index contributed by atoms with van der Waals surface area (Å²) < 4.78 is 6.83. The first kappa shape index (κ1) is 19.1. The van der Waals surface area contributed by atoms with Crippen LogP contribution in [0, 0.1) is 0 Å². The number of halogens is 1. The number of rotatable bonds is 5. The first-order valence-corrected chi connectivity index (χ1v) is 10.2. The molecule has 0 radical (unpaired) electrons. The second kappa shape index (κ2) is 8.40. The highest BCUT2D eigenvalue weighted by atomic mass is 35.5. The Hall–Kier alpha value is -2.26. The Morgan fingerprint density at radius 3 is 2.89 bits per heavy atom. The van der Waals surface area contributed by atoms with E-state index in [1.165, 1.54) is 21.9 Å². The lowest BCUT2D eigenvalue weighted by Gasteiger charge is -2.35. The molecule has 1 aliphatic heterocycles. The van der Waals surface area contributed by atoms with Crippen LogP contribution < -0.4 is 10.9 Å². The van der Waals surface area contributed by atoms with E-state index in [-0.39, 0.29) is 17.2 Å². The Morgan fingerprint density at radius 2 is 2.11 bits per heavy atom. The maximum absolute atomic E-state index is 12.7. The quantitative estimate of drug-likeness (QED) is 0.687. The predicted octanol–water partition coefficient (Wildman–Crippen LogP) is 2.21. The zero-order chi connectivity index (χ0) is 19.5. The number of thiazole rings is 1. The predicted molar refractivity (Wildman–Crippen MR) is 108 cm³/mol. The van der Waals surface area contributed by atoms with Crippen molar-refractivity contribution < 1.29 is 9.53 Å². The number of amides is 1. The highest BCUT2D eigenvalue weighted by molar-refractivity contribution is 7.15. The molecule has 146 valence electrons. The lowest BCUT2D eigenvalue weighted by molar-refractivity contribution is 0.0162. The Bertz CT molecular complexity index is 1040. The summed E-state index contributed by atoms with van der Waals surface area (Å²) in [4.78, 5) is 32.2. The molecule has 1 fully saturated rings. The number of nitrogens with zero attached hydrogens (tertiary/aromatic N) is 3. The van der Waals surface area contributed by atoms with Crippen LogP contribution >= 0.6 is 22.9 Å². The average Bonchev–Trinajstić information content (AvgIpc) is 3.20. The summed E-state index contributed by atoms with van der Waals surface area (Å²) in [6, 6.07) is 7.50. The molecule has 2 aromatic heterocycles. The number of ether oxygens (including phenoxy) is 1. The first-order valence-electron chi connectivity index (χ1n) is 8.94. The van der Waals surface area contributed by atoms with Crippen molar-refractivity contribution in [3.63, 3.8) is 0 Å². The summed E-state index contributed by atoms with van der Waals surface area (Å²) >= 11 is 7.76. The smallest absolute Gasteiger partial charge is 0.271 e. The third-order valence-electron chi connectivity index (χ3n) is 4.79. The molecule has 0 bridgehead atoms. The van der Waals surface area contributed by atoms with Gasteiger partial charge < -0.3 is 10.1 Å². The minimum atomic E-state index is -0.441. The van der Waals surface area contributed by atoms with Gasteiger partial charge in [-0.15, -0.1) is 11.3 Å². The molecule has 1 amide bonds. The molecule has 0 aliphatic carbocycles. The highest BCUT2D eigenvalue weighted by Gasteiger charge is 2.25. The molecule has 28 heavy (non-hydrogen) atoms. The molecule has 0 spiro atoms. The van der Waals surface area contributed by atoms with Crippen molar-refractivity contribution in [2.75, 3.05) is 32.8 Å². The van der Waals surface area contributed by atoms with Gasteiger partial charge in [0.25, 0.3) is 11.5 Å². The zero-order valence-electron chi connectivity index (χ0n) is 15.0. The summed E-state index contributed by atoms with van der Waals surface area (Å²) in [5.41, 5.74) is 0.592. The van der Waals surface area contributed by atoms with Gasteiger partial charge in [0.15, 0.2) is 4.96 Å². The number of morpholine rings is 1. The Balaban J connectivity index is 1.56. The van der Waals surface area contributed by atoms with Gasteiger partial charge in [-0.1, -0.05) is 29.8 Å². The van der Waals surface area contributed by atoms with Crippen LogP contribution in [0.1, 0.15) is 22.0 Å². The molecule has 1 saturated heterocycles. The molecule has 3 heterocycles. The fraction of sp³-hybridized carbons (Fsp3) is 0.316. The molecule has 4 rings (SSSR count). The number of hydrogen-bond donors (Lipinski definition) is 1. The molecule has 7 nitrogen and oxygen atoms in total. The molecule has 1 aromatic carbocycles. The second-order valence-corrected chi connectivity index (χ2v) is 7.71. The number of carbonyl (C=O) groups excluding carboxylic acids is 1. The lowest BCUT2D eigenvalue weighted by atomic mass is 10.0.